The maximum atomic E-state index is 4.58. The number of amidine groups is 1. The summed E-state index contributed by atoms with van der Waals surface area (Å²) in [5.74, 6) is 1.07. The van der Waals surface area contributed by atoms with Crippen LogP contribution in [-0.4, -0.2) is 25.5 Å². The van der Waals surface area contributed by atoms with Crippen molar-refractivity contribution in [1.82, 2.24) is 5.32 Å². The van der Waals surface area contributed by atoms with Crippen LogP contribution in [0.1, 0.15) is 31.9 Å². The second kappa shape index (κ2) is 6.68. The summed E-state index contributed by atoms with van der Waals surface area (Å²) in [7, 11) is 0. The molecule has 0 amide bonds. The minimum atomic E-state index is 0.137. The lowest BCUT2D eigenvalue weighted by molar-refractivity contribution is 0.590. The minimum Gasteiger partial charge on any atom is -0.370 e. The summed E-state index contributed by atoms with van der Waals surface area (Å²) in [6.45, 7) is 11.5. The summed E-state index contributed by atoms with van der Waals surface area (Å²) < 4.78 is 0. The van der Waals surface area contributed by atoms with Crippen LogP contribution in [0, 0.1) is 6.92 Å². The van der Waals surface area contributed by atoms with Gasteiger partial charge in [0.25, 0.3) is 0 Å². The number of nitrogens with zero attached hydrogens (tertiary/aromatic N) is 2. The van der Waals surface area contributed by atoms with E-state index in [0.717, 1.165) is 25.5 Å². The van der Waals surface area contributed by atoms with Crippen molar-refractivity contribution < 1.29 is 0 Å². The second-order valence-electron chi connectivity index (χ2n) is 7.48. The van der Waals surface area contributed by atoms with Crippen molar-refractivity contribution in [3.63, 3.8) is 0 Å². The van der Waals surface area contributed by atoms with Crippen molar-refractivity contribution in [2.45, 2.75) is 33.1 Å². The van der Waals surface area contributed by atoms with Gasteiger partial charge in [-0.2, -0.15) is 0 Å². The van der Waals surface area contributed by atoms with Crippen molar-refractivity contribution in [2.75, 3.05) is 24.5 Å². The number of aryl methyl sites for hydroxylation is 1. The highest BCUT2D eigenvalue weighted by Crippen LogP contribution is 2.30. The molecule has 1 aliphatic heterocycles. The fraction of sp³-hybridized carbons (Fsp3) is 0.381. The molecular weight excluding hydrogens is 294 g/mol. The summed E-state index contributed by atoms with van der Waals surface area (Å²) >= 11 is 0. The van der Waals surface area contributed by atoms with E-state index in [1.54, 1.807) is 0 Å². The van der Waals surface area contributed by atoms with Gasteiger partial charge in [-0.05, 0) is 42.2 Å². The van der Waals surface area contributed by atoms with Gasteiger partial charge >= 0.3 is 0 Å². The molecule has 0 saturated heterocycles. The van der Waals surface area contributed by atoms with E-state index in [-0.39, 0.29) is 5.41 Å². The van der Waals surface area contributed by atoms with Crippen molar-refractivity contribution in [2.24, 2.45) is 4.99 Å². The van der Waals surface area contributed by atoms with Crippen LogP contribution in [0.15, 0.2) is 53.5 Å². The van der Waals surface area contributed by atoms with E-state index in [4.69, 9.17) is 0 Å². The van der Waals surface area contributed by atoms with Gasteiger partial charge < -0.3 is 10.2 Å². The van der Waals surface area contributed by atoms with Gasteiger partial charge in [-0.25, -0.2) is 0 Å². The molecule has 0 atom stereocenters. The van der Waals surface area contributed by atoms with Crippen molar-refractivity contribution in [1.29, 1.82) is 0 Å². The van der Waals surface area contributed by atoms with Gasteiger partial charge in [-0.15, -0.1) is 0 Å². The summed E-state index contributed by atoms with van der Waals surface area (Å²) in [4.78, 5) is 6.92. The monoisotopic (exact) mass is 321 g/mol. The first-order valence-corrected chi connectivity index (χ1v) is 8.65. The van der Waals surface area contributed by atoms with Gasteiger partial charge in [0.2, 0.25) is 0 Å². The number of hydrogen-bond donors (Lipinski definition) is 1. The van der Waals surface area contributed by atoms with E-state index >= 15 is 0 Å². The Labute approximate surface area is 145 Å². The normalized spacial score (nSPS) is 14.2. The predicted octanol–water partition coefficient (Wildman–Crippen LogP) is 4.43. The Kier molecular flexibility index (Phi) is 4.61. The van der Waals surface area contributed by atoms with Gasteiger partial charge in [0.15, 0.2) is 0 Å². The van der Waals surface area contributed by atoms with Crippen LogP contribution in [0.3, 0.4) is 0 Å². The topological polar surface area (TPSA) is 27.6 Å². The largest absolute Gasteiger partial charge is 0.370 e. The Balaban J connectivity index is 1.99. The van der Waals surface area contributed by atoms with E-state index in [0.29, 0.717) is 0 Å². The maximum absolute atomic E-state index is 4.58. The molecule has 1 aliphatic rings. The number of aliphatic imine (C=N–C) groups is 1. The Morgan fingerprint density at radius 1 is 1.04 bits per heavy atom. The lowest BCUT2D eigenvalue weighted by atomic mass is 9.87. The third-order valence-corrected chi connectivity index (χ3v) is 4.42. The first kappa shape index (κ1) is 16.6. The smallest absolute Gasteiger partial charge is 0.117 e. The van der Waals surface area contributed by atoms with Crippen LogP contribution in [0.5, 0.6) is 0 Å². The molecule has 126 valence electrons. The number of nitrogens with one attached hydrogen (secondary N) is 1. The Morgan fingerprint density at radius 3 is 2.42 bits per heavy atom. The molecule has 1 N–H and O–H groups in total. The van der Waals surface area contributed by atoms with E-state index in [1.807, 2.05) is 0 Å². The summed E-state index contributed by atoms with van der Waals surface area (Å²) in [5, 5.41) is 3.39. The first-order valence-electron chi connectivity index (χ1n) is 8.65. The summed E-state index contributed by atoms with van der Waals surface area (Å²) in [6.07, 6.45) is 0. The van der Waals surface area contributed by atoms with Gasteiger partial charge in [0.1, 0.15) is 5.84 Å². The van der Waals surface area contributed by atoms with Crippen LogP contribution < -0.4 is 10.2 Å². The molecule has 24 heavy (non-hydrogen) atoms. The van der Waals surface area contributed by atoms with Gasteiger partial charge in [0.05, 0.1) is 13.1 Å². The van der Waals surface area contributed by atoms with Crippen molar-refractivity contribution in [3.05, 3.63) is 59.7 Å². The molecule has 2 aromatic rings. The zero-order chi connectivity index (χ0) is 17.2. The highest BCUT2D eigenvalue weighted by molar-refractivity contribution is 5.90. The number of benzene rings is 2. The molecule has 3 heteroatoms. The molecule has 0 spiro atoms. The minimum absolute atomic E-state index is 0.137. The second-order valence-corrected chi connectivity index (χ2v) is 7.48. The summed E-state index contributed by atoms with van der Waals surface area (Å²) in [6, 6.07) is 17.6. The standard InChI is InChI=1S/C21H27N3/c1-16-8-10-18(11-9-16)24(15-20-22-12-13-23-20)19-7-5-6-17(14-19)21(2,3)4/h5-11,14H,12-13,15H2,1-4H3,(H,22,23). The predicted molar refractivity (Wildman–Crippen MR) is 104 cm³/mol. The highest BCUT2D eigenvalue weighted by Gasteiger charge is 2.18. The van der Waals surface area contributed by atoms with Crippen LogP contribution in [0.25, 0.3) is 0 Å². The molecule has 2 aromatic carbocycles. The molecule has 0 radical (unpaired) electrons. The zero-order valence-electron chi connectivity index (χ0n) is 15.1. The van der Waals surface area contributed by atoms with Crippen LogP contribution in [-0.2, 0) is 5.41 Å². The molecule has 0 bridgehead atoms. The number of hydrogen-bond acceptors (Lipinski definition) is 3. The average Bonchev–Trinajstić information content (AvgIpc) is 3.06. The maximum Gasteiger partial charge on any atom is 0.117 e. The lowest BCUT2D eigenvalue weighted by Crippen LogP contribution is -2.32. The van der Waals surface area contributed by atoms with Gasteiger partial charge in [0, 0.05) is 17.9 Å². The Bertz CT molecular complexity index is 723. The van der Waals surface area contributed by atoms with Gasteiger partial charge in [-0.1, -0.05) is 50.6 Å². The van der Waals surface area contributed by atoms with Crippen molar-refractivity contribution in [3.8, 4) is 0 Å². The molecule has 0 fully saturated rings. The van der Waals surface area contributed by atoms with E-state index in [2.05, 4.69) is 91.4 Å². The SMILES string of the molecule is Cc1ccc(N(CC2=NCCN2)c2cccc(C(C)(C)C)c2)cc1. The van der Waals surface area contributed by atoms with E-state index in [1.165, 1.54) is 22.5 Å². The molecule has 0 aromatic heterocycles. The Hall–Kier alpha value is -2.29. The average molecular weight is 321 g/mol. The van der Waals surface area contributed by atoms with Crippen molar-refractivity contribution >= 4 is 17.2 Å². The fourth-order valence-electron chi connectivity index (χ4n) is 2.90. The molecule has 0 unspecified atom stereocenters. The zero-order valence-corrected chi connectivity index (χ0v) is 15.1. The van der Waals surface area contributed by atoms with E-state index in [9.17, 15) is 0 Å². The quantitative estimate of drug-likeness (QED) is 0.902. The number of anilines is 2. The molecule has 3 nitrogen and oxygen atoms in total. The molecule has 0 saturated carbocycles. The molecule has 0 aliphatic carbocycles. The van der Waals surface area contributed by atoms with E-state index < -0.39 is 0 Å². The van der Waals surface area contributed by atoms with Crippen LogP contribution in [0.2, 0.25) is 0 Å². The first-order chi connectivity index (χ1) is 11.4. The molecular formula is C21H27N3. The highest BCUT2D eigenvalue weighted by atomic mass is 15.2. The third kappa shape index (κ3) is 3.78. The van der Waals surface area contributed by atoms with Crippen LogP contribution in [0.4, 0.5) is 11.4 Å². The summed E-state index contributed by atoms with van der Waals surface area (Å²) in [5.41, 5.74) is 5.17. The molecule has 1 heterocycles. The van der Waals surface area contributed by atoms with Crippen LogP contribution >= 0.6 is 0 Å². The molecule has 3 rings (SSSR count). The third-order valence-electron chi connectivity index (χ3n) is 4.42. The Morgan fingerprint density at radius 2 is 1.79 bits per heavy atom. The lowest BCUT2D eigenvalue weighted by Gasteiger charge is -2.28. The number of rotatable bonds is 4. The fourth-order valence-corrected chi connectivity index (χ4v) is 2.90. The van der Waals surface area contributed by atoms with Gasteiger partial charge in [-0.3, -0.25) is 4.99 Å².